The number of hydrogen-bond acceptors (Lipinski definition) is 5. The molecular formula is C22H22F3N3O4. The minimum atomic E-state index is -4.78. The molecule has 0 bridgehead atoms. The van der Waals surface area contributed by atoms with Crippen LogP contribution in [0.25, 0.3) is 0 Å². The van der Waals surface area contributed by atoms with Gasteiger partial charge in [-0.3, -0.25) is 14.6 Å². The maximum atomic E-state index is 12.6. The molecule has 0 saturated carbocycles. The zero-order valence-electron chi connectivity index (χ0n) is 17.1. The zero-order valence-corrected chi connectivity index (χ0v) is 17.1. The third-order valence-corrected chi connectivity index (χ3v) is 5.58. The van der Waals surface area contributed by atoms with Gasteiger partial charge in [0.25, 0.3) is 5.91 Å². The van der Waals surface area contributed by atoms with Crippen LogP contribution < -0.4 is 10.1 Å². The topological polar surface area (TPSA) is 80.8 Å². The van der Waals surface area contributed by atoms with Crippen LogP contribution in [0.15, 0.2) is 48.8 Å². The number of amides is 2. The van der Waals surface area contributed by atoms with Crippen molar-refractivity contribution in [3.8, 4) is 5.75 Å². The fourth-order valence-corrected chi connectivity index (χ4v) is 4.10. The molecule has 1 aromatic heterocycles. The standard InChI is InChI=1S/C22H22F3N3O4/c23-22(24,25)32-18-3-1-17(2-4-18)20(30)28-13-21(14-28)10-16(12-31-21)9-19(29)27-11-15-5-7-26-8-6-15/h1-8,16H,9-14H2,(H,27,29)/t16-/m0/s1. The van der Waals surface area contributed by atoms with Gasteiger partial charge < -0.3 is 19.7 Å². The number of nitrogens with zero attached hydrogens (tertiary/aromatic N) is 2. The van der Waals surface area contributed by atoms with Crippen LogP contribution in [0.4, 0.5) is 13.2 Å². The lowest BCUT2D eigenvalue weighted by molar-refractivity contribution is -0.274. The van der Waals surface area contributed by atoms with Gasteiger partial charge in [-0.15, -0.1) is 13.2 Å². The first-order chi connectivity index (χ1) is 15.2. The molecule has 2 aliphatic rings. The van der Waals surface area contributed by atoms with E-state index in [0.717, 1.165) is 17.7 Å². The van der Waals surface area contributed by atoms with Crippen LogP contribution in [0.3, 0.4) is 0 Å². The van der Waals surface area contributed by atoms with E-state index in [9.17, 15) is 22.8 Å². The maximum absolute atomic E-state index is 12.6. The van der Waals surface area contributed by atoms with Gasteiger partial charge in [-0.05, 0) is 54.3 Å². The number of carbonyl (C=O) groups excluding carboxylic acids is 2. The van der Waals surface area contributed by atoms with Crippen LogP contribution in [0.1, 0.15) is 28.8 Å². The first kappa shape index (κ1) is 22.1. The van der Waals surface area contributed by atoms with E-state index in [1.54, 1.807) is 17.3 Å². The maximum Gasteiger partial charge on any atom is 0.573 e. The van der Waals surface area contributed by atoms with Crippen LogP contribution in [0.5, 0.6) is 5.75 Å². The van der Waals surface area contributed by atoms with Gasteiger partial charge in [-0.1, -0.05) is 0 Å². The smallest absolute Gasteiger partial charge is 0.406 e. The summed E-state index contributed by atoms with van der Waals surface area (Å²) in [6.07, 6.45) is -0.407. The number of benzene rings is 1. The van der Waals surface area contributed by atoms with E-state index < -0.39 is 12.0 Å². The molecule has 1 atom stereocenters. The second-order valence-electron chi connectivity index (χ2n) is 8.13. The molecule has 3 heterocycles. The lowest BCUT2D eigenvalue weighted by Crippen LogP contribution is -2.63. The molecule has 4 rings (SSSR count). The second-order valence-corrected chi connectivity index (χ2v) is 8.13. The van der Waals surface area contributed by atoms with Gasteiger partial charge in [0.15, 0.2) is 0 Å². The Balaban J connectivity index is 1.22. The molecule has 170 valence electrons. The summed E-state index contributed by atoms with van der Waals surface area (Å²) in [6.45, 7) is 1.67. The Kier molecular flexibility index (Phi) is 6.05. The molecule has 2 amide bonds. The van der Waals surface area contributed by atoms with Crippen LogP contribution >= 0.6 is 0 Å². The summed E-state index contributed by atoms with van der Waals surface area (Å²) in [4.78, 5) is 30.3. The number of likely N-dealkylation sites (tertiary alicyclic amines) is 1. The highest BCUT2D eigenvalue weighted by Crippen LogP contribution is 2.39. The SMILES string of the molecule is O=C(C[C@@H]1COC2(C1)CN(C(=O)c1ccc(OC(F)(F)F)cc1)C2)NCc1ccncc1. The molecule has 1 aromatic carbocycles. The number of halogens is 3. The van der Waals surface area contributed by atoms with Crippen molar-refractivity contribution in [3.05, 3.63) is 59.9 Å². The highest BCUT2D eigenvalue weighted by atomic mass is 19.4. The summed E-state index contributed by atoms with van der Waals surface area (Å²) in [6, 6.07) is 8.52. The summed E-state index contributed by atoms with van der Waals surface area (Å²) in [5.74, 6) is -0.640. The lowest BCUT2D eigenvalue weighted by Gasteiger charge is -2.47. The summed E-state index contributed by atoms with van der Waals surface area (Å²) >= 11 is 0. The Bertz CT molecular complexity index is 961. The first-order valence-corrected chi connectivity index (χ1v) is 10.2. The van der Waals surface area contributed by atoms with Crippen LogP contribution in [-0.2, 0) is 16.1 Å². The summed E-state index contributed by atoms with van der Waals surface area (Å²) in [7, 11) is 0. The summed E-state index contributed by atoms with van der Waals surface area (Å²) in [5.41, 5.74) is 0.795. The third-order valence-electron chi connectivity index (χ3n) is 5.58. The molecular weight excluding hydrogens is 427 g/mol. The number of hydrogen-bond donors (Lipinski definition) is 1. The highest BCUT2D eigenvalue weighted by molar-refractivity contribution is 5.95. The van der Waals surface area contributed by atoms with Crippen molar-refractivity contribution in [2.24, 2.45) is 5.92 Å². The fraction of sp³-hybridized carbons (Fsp3) is 0.409. The molecule has 32 heavy (non-hydrogen) atoms. The van der Waals surface area contributed by atoms with E-state index in [2.05, 4.69) is 15.0 Å². The van der Waals surface area contributed by atoms with Crippen LogP contribution in [-0.4, -0.2) is 53.4 Å². The number of rotatable bonds is 6. The molecule has 2 aliphatic heterocycles. The highest BCUT2D eigenvalue weighted by Gasteiger charge is 2.51. The quantitative estimate of drug-likeness (QED) is 0.734. The third kappa shape index (κ3) is 5.37. The van der Waals surface area contributed by atoms with Gasteiger partial charge in [-0.2, -0.15) is 0 Å². The van der Waals surface area contributed by atoms with Crippen molar-refractivity contribution in [1.82, 2.24) is 15.2 Å². The molecule has 1 N–H and O–H groups in total. The Morgan fingerprint density at radius 1 is 1.16 bits per heavy atom. The predicted octanol–water partition coefficient (Wildman–Crippen LogP) is 2.92. The molecule has 2 aromatic rings. The molecule has 0 unspecified atom stereocenters. The molecule has 0 radical (unpaired) electrons. The number of aromatic nitrogens is 1. The van der Waals surface area contributed by atoms with Gasteiger partial charge in [0, 0.05) is 30.9 Å². The van der Waals surface area contributed by atoms with E-state index >= 15 is 0 Å². The van der Waals surface area contributed by atoms with Gasteiger partial charge in [0.1, 0.15) is 11.4 Å². The van der Waals surface area contributed by atoms with Crippen molar-refractivity contribution in [1.29, 1.82) is 0 Å². The van der Waals surface area contributed by atoms with Crippen LogP contribution in [0.2, 0.25) is 0 Å². The average Bonchev–Trinajstić information content (AvgIpc) is 3.15. The monoisotopic (exact) mass is 449 g/mol. The molecule has 1 spiro atoms. The Morgan fingerprint density at radius 2 is 1.84 bits per heavy atom. The molecule has 7 nitrogen and oxygen atoms in total. The normalized spacial score (nSPS) is 19.5. The number of carbonyl (C=O) groups is 2. The Hall–Kier alpha value is -3.14. The minimum Gasteiger partial charge on any atom is -0.406 e. The van der Waals surface area contributed by atoms with E-state index in [0.29, 0.717) is 39.1 Å². The lowest BCUT2D eigenvalue weighted by atomic mass is 9.85. The van der Waals surface area contributed by atoms with Gasteiger partial charge >= 0.3 is 6.36 Å². The first-order valence-electron chi connectivity index (χ1n) is 10.2. The Labute approximate surface area is 182 Å². The van der Waals surface area contributed by atoms with Crippen molar-refractivity contribution >= 4 is 11.8 Å². The molecule has 2 fully saturated rings. The van der Waals surface area contributed by atoms with Crippen molar-refractivity contribution in [2.45, 2.75) is 31.3 Å². The average molecular weight is 449 g/mol. The van der Waals surface area contributed by atoms with E-state index in [-0.39, 0.29) is 29.0 Å². The fourth-order valence-electron chi connectivity index (χ4n) is 4.10. The largest absolute Gasteiger partial charge is 0.573 e. The van der Waals surface area contributed by atoms with E-state index in [1.165, 1.54) is 12.1 Å². The van der Waals surface area contributed by atoms with Crippen molar-refractivity contribution < 1.29 is 32.2 Å². The summed E-state index contributed by atoms with van der Waals surface area (Å²) in [5, 5.41) is 2.89. The van der Waals surface area contributed by atoms with Crippen LogP contribution in [0, 0.1) is 5.92 Å². The number of nitrogens with one attached hydrogen (secondary N) is 1. The molecule has 2 saturated heterocycles. The number of ether oxygens (including phenoxy) is 2. The zero-order chi connectivity index (χ0) is 22.8. The number of alkyl halides is 3. The summed E-state index contributed by atoms with van der Waals surface area (Å²) < 4.78 is 46.5. The van der Waals surface area contributed by atoms with E-state index in [1.807, 2.05) is 12.1 Å². The molecule has 10 heteroatoms. The number of pyridine rings is 1. The minimum absolute atomic E-state index is 0.0547. The molecule has 0 aliphatic carbocycles. The van der Waals surface area contributed by atoms with Crippen molar-refractivity contribution in [3.63, 3.8) is 0 Å². The second kappa shape index (κ2) is 8.78. The predicted molar refractivity (Wildman–Crippen MR) is 107 cm³/mol. The van der Waals surface area contributed by atoms with Gasteiger partial charge in [0.2, 0.25) is 5.91 Å². The van der Waals surface area contributed by atoms with Gasteiger partial charge in [-0.25, -0.2) is 0 Å². The van der Waals surface area contributed by atoms with Crippen molar-refractivity contribution in [2.75, 3.05) is 19.7 Å². The van der Waals surface area contributed by atoms with Gasteiger partial charge in [0.05, 0.1) is 19.7 Å². The van der Waals surface area contributed by atoms with E-state index in [4.69, 9.17) is 4.74 Å². The Morgan fingerprint density at radius 3 is 2.50 bits per heavy atom.